The van der Waals surface area contributed by atoms with Crippen LogP contribution in [0.4, 0.5) is 0 Å². The first-order valence-corrected chi connectivity index (χ1v) is 12.9. The van der Waals surface area contributed by atoms with Crippen LogP contribution >= 0.6 is 0 Å². The van der Waals surface area contributed by atoms with Crippen molar-refractivity contribution >= 4 is 0 Å². The van der Waals surface area contributed by atoms with Crippen molar-refractivity contribution in [1.82, 2.24) is 0 Å². The van der Waals surface area contributed by atoms with Gasteiger partial charge in [0.1, 0.15) is 0 Å². The van der Waals surface area contributed by atoms with Crippen molar-refractivity contribution in [3.8, 4) is 0 Å². The van der Waals surface area contributed by atoms with E-state index in [-0.39, 0.29) is 11.0 Å². The van der Waals surface area contributed by atoms with Gasteiger partial charge >= 0.3 is 0 Å². The van der Waals surface area contributed by atoms with Gasteiger partial charge in [-0.25, -0.2) is 0 Å². The molecule has 5 heteroatoms. The minimum Gasteiger partial charge on any atom is -0.385 e. The first kappa shape index (κ1) is 29.0. The monoisotopic (exact) mass is 476 g/mol. The van der Waals surface area contributed by atoms with Gasteiger partial charge in [-0.15, -0.1) is 0 Å². The lowest BCUT2D eigenvalue weighted by molar-refractivity contribution is 0.0137. The molecule has 0 heterocycles. The van der Waals surface area contributed by atoms with E-state index < -0.39 is 24.4 Å². The van der Waals surface area contributed by atoms with Crippen LogP contribution in [0.3, 0.4) is 0 Å². The predicted octanol–water partition coefficient (Wildman–Crippen LogP) is 5.14. The fourth-order valence-electron chi connectivity index (χ4n) is 4.83. The van der Waals surface area contributed by atoms with E-state index in [1.807, 2.05) is 0 Å². The molecular weight excluding hydrogens is 428 g/mol. The molecule has 2 aliphatic carbocycles. The largest absolute Gasteiger partial charge is 0.385 e. The lowest BCUT2D eigenvalue weighted by atomic mass is 9.83. The molecule has 0 fully saturated rings. The quantitative estimate of drug-likeness (QED) is 0.293. The van der Waals surface area contributed by atoms with Gasteiger partial charge in [-0.2, -0.15) is 0 Å². The van der Waals surface area contributed by atoms with Crippen LogP contribution in [0, 0.1) is 5.41 Å². The average Bonchev–Trinajstić information content (AvgIpc) is 2.73. The second-order valence-corrected chi connectivity index (χ2v) is 11.8. The maximum Gasteiger partial charge on any atom is 0.0963 e. The van der Waals surface area contributed by atoms with E-state index >= 15 is 0 Å². The number of methoxy groups -OCH3 is 1. The standard InChI is InChI=1S/C29H48O5/c1-28(2,3)14-8-12-22-18-24(30)16-20(26(22)32)10-7-11-21-17-25(31)19-23(27(21)33)13-9-15-29(4,5)34-6/h16-19,24-27,30-33H,7-15H2,1-6H3. The summed E-state index contributed by atoms with van der Waals surface area (Å²) in [5, 5.41) is 42.3. The number of rotatable bonds is 12. The van der Waals surface area contributed by atoms with E-state index in [1.54, 1.807) is 31.4 Å². The molecule has 0 spiro atoms. The van der Waals surface area contributed by atoms with Gasteiger partial charge in [0.05, 0.1) is 30.0 Å². The van der Waals surface area contributed by atoms with Crippen molar-refractivity contribution in [3.05, 3.63) is 46.6 Å². The van der Waals surface area contributed by atoms with Gasteiger partial charge in [0.2, 0.25) is 0 Å². The molecule has 0 amide bonds. The summed E-state index contributed by atoms with van der Waals surface area (Å²) in [7, 11) is 1.71. The van der Waals surface area contributed by atoms with E-state index in [0.29, 0.717) is 12.8 Å². The van der Waals surface area contributed by atoms with Gasteiger partial charge in [0.15, 0.2) is 0 Å². The van der Waals surface area contributed by atoms with Gasteiger partial charge in [-0.3, -0.25) is 0 Å². The van der Waals surface area contributed by atoms with Crippen LogP contribution in [0.5, 0.6) is 0 Å². The van der Waals surface area contributed by atoms with Crippen LogP contribution in [-0.4, -0.2) is 57.6 Å². The summed E-state index contributed by atoms with van der Waals surface area (Å²) in [6.45, 7) is 10.7. The highest BCUT2D eigenvalue weighted by Gasteiger charge is 2.25. The molecule has 0 aliphatic heterocycles. The summed E-state index contributed by atoms with van der Waals surface area (Å²) in [6.07, 6.45) is 11.7. The normalized spacial score (nSPS) is 26.1. The van der Waals surface area contributed by atoms with Gasteiger partial charge in [0.25, 0.3) is 0 Å². The molecular formula is C29H48O5. The molecule has 4 unspecified atom stereocenters. The van der Waals surface area contributed by atoms with Crippen molar-refractivity contribution < 1.29 is 25.2 Å². The Morgan fingerprint density at radius 2 is 0.971 bits per heavy atom. The third-order valence-corrected chi connectivity index (χ3v) is 7.06. The van der Waals surface area contributed by atoms with Crippen molar-refractivity contribution in [3.63, 3.8) is 0 Å². The summed E-state index contributed by atoms with van der Waals surface area (Å²) in [6, 6.07) is 0. The van der Waals surface area contributed by atoms with Gasteiger partial charge in [0, 0.05) is 7.11 Å². The van der Waals surface area contributed by atoms with E-state index in [1.165, 1.54) is 0 Å². The zero-order chi connectivity index (χ0) is 25.5. The zero-order valence-corrected chi connectivity index (χ0v) is 22.2. The first-order chi connectivity index (χ1) is 15.8. The third-order valence-electron chi connectivity index (χ3n) is 7.06. The molecule has 2 rings (SSSR count). The zero-order valence-electron chi connectivity index (χ0n) is 22.2. The van der Waals surface area contributed by atoms with Gasteiger partial charge in [-0.05, 0) is 99.3 Å². The second kappa shape index (κ2) is 12.6. The highest BCUT2D eigenvalue weighted by Crippen LogP contribution is 2.32. The van der Waals surface area contributed by atoms with Crippen LogP contribution in [-0.2, 0) is 4.74 Å². The molecule has 4 N–H and O–H groups in total. The van der Waals surface area contributed by atoms with Crippen LogP contribution in [0.2, 0.25) is 0 Å². The SMILES string of the molecule is COC(C)(C)CCCC1=CC(O)C=C(CCCC2=CC(O)C=C(CCCC(C)(C)C)C2O)C1O. The Morgan fingerprint density at radius 3 is 1.32 bits per heavy atom. The molecule has 0 saturated carbocycles. The summed E-state index contributed by atoms with van der Waals surface area (Å²) in [4.78, 5) is 0. The molecule has 0 radical (unpaired) electrons. The lowest BCUT2D eigenvalue weighted by Crippen LogP contribution is -2.25. The molecule has 0 bridgehead atoms. The van der Waals surface area contributed by atoms with Crippen LogP contribution in [0.15, 0.2) is 46.6 Å². The maximum absolute atomic E-state index is 10.9. The Kier molecular flexibility index (Phi) is 10.8. The molecule has 194 valence electrons. The van der Waals surface area contributed by atoms with Crippen molar-refractivity contribution in [1.29, 1.82) is 0 Å². The van der Waals surface area contributed by atoms with E-state index in [0.717, 1.165) is 67.2 Å². The molecule has 0 aromatic heterocycles. The van der Waals surface area contributed by atoms with Gasteiger partial charge < -0.3 is 25.2 Å². The molecule has 34 heavy (non-hydrogen) atoms. The van der Waals surface area contributed by atoms with Gasteiger partial charge in [-0.1, -0.05) is 45.1 Å². The Balaban J connectivity index is 1.86. The fourth-order valence-corrected chi connectivity index (χ4v) is 4.83. The van der Waals surface area contributed by atoms with Crippen LogP contribution in [0.25, 0.3) is 0 Å². The van der Waals surface area contributed by atoms with Crippen molar-refractivity contribution in [2.24, 2.45) is 5.41 Å². The Labute approximate surface area is 206 Å². The second-order valence-electron chi connectivity index (χ2n) is 11.8. The van der Waals surface area contributed by atoms with Crippen molar-refractivity contribution in [2.45, 2.75) is 122 Å². The Hall–Kier alpha value is -1.24. The molecule has 5 nitrogen and oxygen atoms in total. The molecule has 0 saturated heterocycles. The van der Waals surface area contributed by atoms with Crippen LogP contribution < -0.4 is 0 Å². The summed E-state index contributed by atoms with van der Waals surface area (Å²) < 4.78 is 5.48. The first-order valence-electron chi connectivity index (χ1n) is 12.9. The molecule has 0 aromatic carbocycles. The third kappa shape index (κ3) is 9.43. The average molecular weight is 477 g/mol. The summed E-state index contributed by atoms with van der Waals surface area (Å²) in [5.74, 6) is 0. The van der Waals surface area contributed by atoms with Crippen molar-refractivity contribution in [2.75, 3.05) is 7.11 Å². The molecule has 0 aromatic rings. The summed E-state index contributed by atoms with van der Waals surface area (Å²) >= 11 is 0. The Morgan fingerprint density at radius 1 is 0.618 bits per heavy atom. The number of aliphatic hydroxyl groups is 4. The Bertz CT molecular complexity index is 781. The highest BCUT2D eigenvalue weighted by atomic mass is 16.5. The number of ether oxygens (including phenoxy) is 1. The van der Waals surface area contributed by atoms with E-state index in [9.17, 15) is 20.4 Å². The highest BCUT2D eigenvalue weighted by molar-refractivity contribution is 5.34. The fraction of sp³-hybridized carbons (Fsp3) is 0.724. The topological polar surface area (TPSA) is 90.2 Å². The van der Waals surface area contributed by atoms with Crippen LogP contribution in [0.1, 0.15) is 92.4 Å². The predicted molar refractivity (Wildman–Crippen MR) is 138 cm³/mol. The number of hydrogen-bond acceptors (Lipinski definition) is 5. The van der Waals surface area contributed by atoms with E-state index in [4.69, 9.17) is 4.74 Å². The van der Waals surface area contributed by atoms with E-state index in [2.05, 4.69) is 34.6 Å². The minimum absolute atomic E-state index is 0.198. The lowest BCUT2D eigenvalue weighted by Gasteiger charge is -2.28. The number of hydrogen-bond donors (Lipinski definition) is 4. The maximum atomic E-state index is 10.9. The molecule has 2 aliphatic rings. The number of aliphatic hydroxyl groups excluding tert-OH is 4. The smallest absolute Gasteiger partial charge is 0.0963 e. The summed E-state index contributed by atoms with van der Waals surface area (Å²) in [5.41, 5.74) is 3.52. The molecule has 4 atom stereocenters. The minimum atomic E-state index is -0.678.